The normalized spacial score (nSPS) is 13.4. The van der Waals surface area contributed by atoms with E-state index >= 15 is 0 Å². The smallest absolute Gasteiger partial charge is 0.00603 e. The summed E-state index contributed by atoms with van der Waals surface area (Å²) in [6, 6.07) is 15.3. The van der Waals surface area contributed by atoms with Crippen molar-refractivity contribution in [3.05, 3.63) is 64.7 Å². The molecule has 0 saturated carbocycles. The van der Waals surface area contributed by atoms with Crippen LogP contribution < -0.4 is 0 Å². The van der Waals surface area contributed by atoms with Gasteiger partial charge in [0, 0.05) is 0 Å². The van der Waals surface area contributed by atoms with Crippen molar-refractivity contribution in [1.82, 2.24) is 0 Å². The van der Waals surface area contributed by atoms with E-state index in [-0.39, 0.29) is 0 Å². The maximum atomic E-state index is 2.33. The minimum atomic E-state index is 1.11. The summed E-state index contributed by atoms with van der Waals surface area (Å²) in [5, 5.41) is 0. The predicted molar refractivity (Wildman–Crippen MR) is 74.0 cm³/mol. The molecule has 0 amide bonds. The van der Waals surface area contributed by atoms with Crippen molar-refractivity contribution in [3.8, 4) is 11.1 Å². The average molecular weight is 220 g/mol. The minimum absolute atomic E-state index is 1.11. The second kappa shape index (κ2) is 3.89. The molecular weight excluding hydrogens is 204 g/mol. The number of hydrogen-bond donors (Lipinski definition) is 0. The Morgan fingerprint density at radius 1 is 0.941 bits per heavy atom. The van der Waals surface area contributed by atoms with Gasteiger partial charge in [0.05, 0.1) is 0 Å². The summed E-state index contributed by atoms with van der Waals surface area (Å²) in [4.78, 5) is 0. The van der Waals surface area contributed by atoms with E-state index < -0.39 is 0 Å². The fourth-order valence-electron chi connectivity index (χ4n) is 2.64. The molecule has 0 spiro atoms. The third kappa shape index (κ3) is 1.80. The fourth-order valence-corrected chi connectivity index (χ4v) is 2.64. The van der Waals surface area contributed by atoms with Crippen LogP contribution >= 0.6 is 0 Å². The van der Waals surface area contributed by atoms with Crippen LogP contribution in [0.15, 0.2) is 48.0 Å². The number of rotatable bonds is 1. The first-order chi connectivity index (χ1) is 8.24. The molecule has 0 aliphatic heterocycles. The van der Waals surface area contributed by atoms with Gasteiger partial charge in [-0.05, 0) is 42.5 Å². The number of fused-ring (bicyclic) bond motifs is 1. The van der Waals surface area contributed by atoms with Crippen molar-refractivity contribution in [1.29, 1.82) is 0 Å². The summed E-state index contributed by atoms with van der Waals surface area (Å²) in [5.74, 6) is 0. The largest absolute Gasteiger partial charge is 0.0683 e. The van der Waals surface area contributed by atoms with Crippen LogP contribution in [0.2, 0.25) is 0 Å². The lowest BCUT2D eigenvalue weighted by molar-refractivity contribution is 1.19. The van der Waals surface area contributed by atoms with Gasteiger partial charge in [0.1, 0.15) is 0 Å². The minimum Gasteiger partial charge on any atom is -0.0683 e. The molecule has 0 atom stereocenters. The van der Waals surface area contributed by atoms with E-state index in [4.69, 9.17) is 0 Å². The maximum Gasteiger partial charge on any atom is -0.00603 e. The van der Waals surface area contributed by atoms with E-state index in [1.807, 2.05) is 0 Å². The Morgan fingerprint density at radius 3 is 2.47 bits per heavy atom. The Hall–Kier alpha value is -1.82. The Bertz CT molecular complexity index is 589. The van der Waals surface area contributed by atoms with Crippen LogP contribution in [0.3, 0.4) is 0 Å². The number of hydrogen-bond acceptors (Lipinski definition) is 0. The van der Waals surface area contributed by atoms with Crippen LogP contribution in [0.5, 0.6) is 0 Å². The molecule has 0 N–H and O–H groups in total. The van der Waals surface area contributed by atoms with Gasteiger partial charge in [-0.25, -0.2) is 0 Å². The molecule has 0 saturated heterocycles. The van der Waals surface area contributed by atoms with Gasteiger partial charge in [0.15, 0.2) is 0 Å². The molecule has 1 aliphatic carbocycles. The second-order valence-electron chi connectivity index (χ2n) is 4.92. The van der Waals surface area contributed by atoms with Crippen molar-refractivity contribution in [3.63, 3.8) is 0 Å². The van der Waals surface area contributed by atoms with Gasteiger partial charge in [-0.3, -0.25) is 0 Å². The molecule has 0 nitrogen and oxygen atoms in total. The maximum absolute atomic E-state index is 2.33. The van der Waals surface area contributed by atoms with Gasteiger partial charge in [-0.2, -0.15) is 0 Å². The van der Waals surface area contributed by atoms with Gasteiger partial charge >= 0.3 is 0 Å². The Balaban J connectivity index is 2.24. The third-order valence-corrected chi connectivity index (χ3v) is 3.35. The first-order valence-corrected chi connectivity index (χ1v) is 6.10. The monoisotopic (exact) mass is 220 g/mol. The standard InChI is InChI=1S/C17H16/c1-12-8-15-9-13(2)11-17(15)16(10-12)14-6-4-3-5-7-14/h3-8,10-11H,9H2,1-2H3. The zero-order valence-electron chi connectivity index (χ0n) is 10.3. The molecule has 0 radical (unpaired) electrons. The van der Waals surface area contributed by atoms with Crippen LogP contribution in [0, 0.1) is 6.92 Å². The highest BCUT2D eigenvalue weighted by Crippen LogP contribution is 2.34. The molecule has 3 rings (SSSR count). The van der Waals surface area contributed by atoms with Crippen LogP contribution in [-0.4, -0.2) is 0 Å². The van der Waals surface area contributed by atoms with Crippen LogP contribution in [0.1, 0.15) is 23.6 Å². The summed E-state index contributed by atoms with van der Waals surface area (Å²) < 4.78 is 0. The second-order valence-corrected chi connectivity index (χ2v) is 4.92. The van der Waals surface area contributed by atoms with Gasteiger partial charge in [-0.15, -0.1) is 0 Å². The molecule has 0 heteroatoms. The molecule has 0 aromatic heterocycles. The molecular formula is C17H16. The zero-order chi connectivity index (χ0) is 11.8. The Labute approximate surface area is 103 Å². The van der Waals surface area contributed by atoms with Crippen molar-refractivity contribution in [2.24, 2.45) is 0 Å². The van der Waals surface area contributed by atoms with E-state index in [1.54, 1.807) is 0 Å². The van der Waals surface area contributed by atoms with E-state index in [0.29, 0.717) is 0 Å². The van der Waals surface area contributed by atoms with Gasteiger partial charge in [-0.1, -0.05) is 59.7 Å². The summed E-state index contributed by atoms with van der Waals surface area (Å²) in [5.41, 5.74) is 8.39. The average Bonchev–Trinajstić information content (AvgIpc) is 2.69. The highest BCUT2D eigenvalue weighted by Gasteiger charge is 2.14. The summed E-state index contributed by atoms with van der Waals surface area (Å²) in [7, 11) is 0. The summed E-state index contributed by atoms with van der Waals surface area (Å²) in [6.07, 6.45) is 3.44. The molecule has 1 aliphatic rings. The quantitative estimate of drug-likeness (QED) is 0.657. The molecule has 0 fully saturated rings. The number of benzene rings is 2. The lowest BCUT2D eigenvalue weighted by Crippen LogP contribution is -1.89. The molecule has 0 unspecified atom stereocenters. The van der Waals surface area contributed by atoms with Crippen molar-refractivity contribution in [2.75, 3.05) is 0 Å². The van der Waals surface area contributed by atoms with Crippen LogP contribution in [-0.2, 0) is 6.42 Å². The predicted octanol–water partition coefficient (Wildman–Crippen LogP) is 4.62. The number of allylic oxidation sites excluding steroid dienone is 1. The van der Waals surface area contributed by atoms with Crippen LogP contribution in [0.25, 0.3) is 17.2 Å². The van der Waals surface area contributed by atoms with Crippen molar-refractivity contribution in [2.45, 2.75) is 20.3 Å². The highest BCUT2D eigenvalue weighted by molar-refractivity contribution is 5.81. The molecule has 84 valence electrons. The van der Waals surface area contributed by atoms with Gasteiger partial charge in [0.2, 0.25) is 0 Å². The van der Waals surface area contributed by atoms with Crippen molar-refractivity contribution < 1.29 is 0 Å². The van der Waals surface area contributed by atoms with E-state index in [0.717, 1.165) is 6.42 Å². The van der Waals surface area contributed by atoms with E-state index in [1.165, 1.54) is 33.4 Å². The molecule has 0 bridgehead atoms. The fraction of sp³-hybridized carbons (Fsp3) is 0.176. The lowest BCUT2D eigenvalue weighted by atomic mass is 9.95. The topological polar surface area (TPSA) is 0 Å². The first-order valence-electron chi connectivity index (χ1n) is 6.10. The summed E-state index contributed by atoms with van der Waals surface area (Å²) in [6.45, 7) is 4.39. The lowest BCUT2D eigenvalue weighted by Gasteiger charge is -2.09. The Kier molecular flexibility index (Phi) is 2.36. The third-order valence-electron chi connectivity index (χ3n) is 3.35. The van der Waals surface area contributed by atoms with Gasteiger partial charge in [0.25, 0.3) is 0 Å². The zero-order valence-corrected chi connectivity index (χ0v) is 10.3. The van der Waals surface area contributed by atoms with Crippen molar-refractivity contribution >= 4 is 6.08 Å². The summed E-state index contributed by atoms with van der Waals surface area (Å²) >= 11 is 0. The van der Waals surface area contributed by atoms with Crippen LogP contribution in [0.4, 0.5) is 0 Å². The number of aryl methyl sites for hydroxylation is 1. The molecule has 0 heterocycles. The highest BCUT2D eigenvalue weighted by atomic mass is 14.2. The molecule has 2 aromatic carbocycles. The molecule has 2 aromatic rings. The van der Waals surface area contributed by atoms with E-state index in [2.05, 4.69) is 62.4 Å². The molecule has 17 heavy (non-hydrogen) atoms. The Morgan fingerprint density at radius 2 is 1.71 bits per heavy atom. The first kappa shape index (κ1) is 10.3. The SMILES string of the molecule is CC1=Cc2c(cc(C)cc2-c2ccccc2)C1. The van der Waals surface area contributed by atoms with Gasteiger partial charge < -0.3 is 0 Å². The van der Waals surface area contributed by atoms with E-state index in [9.17, 15) is 0 Å².